The summed E-state index contributed by atoms with van der Waals surface area (Å²) in [6.07, 6.45) is 0. The van der Waals surface area contributed by atoms with E-state index in [-0.39, 0.29) is 23.6 Å². The molecule has 0 atom stereocenters. The third-order valence-electron chi connectivity index (χ3n) is 2.90. The molecule has 0 radical (unpaired) electrons. The first-order chi connectivity index (χ1) is 9.11. The van der Waals surface area contributed by atoms with Gasteiger partial charge in [-0.05, 0) is 37.5 Å². The van der Waals surface area contributed by atoms with E-state index in [4.69, 9.17) is 5.73 Å². The summed E-state index contributed by atoms with van der Waals surface area (Å²) < 4.78 is 0. The topological polar surface area (TPSA) is 92.4 Å². The number of nitrogens with one attached hydrogen (secondary N) is 1. The Kier molecular flexibility index (Phi) is 4.89. The molecule has 0 saturated heterocycles. The minimum absolute atomic E-state index is 0.0932. The molecule has 0 aromatic heterocycles. The van der Waals surface area contributed by atoms with Crippen LogP contribution in [0.5, 0.6) is 0 Å². The fourth-order valence-electron chi connectivity index (χ4n) is 1.72. The van der Waals surface area contributed by atoms with Gasteiger partial charge in [0, 0.05) is 6.54 Å². The molecule has 5 nitrogen and oxygen atoms in total. The summed E-state index contributed by atoms with van der Waals surface area (Å²) in [6.45, 7) is 7.27. The van der Waals surface area contributed by atoms with Crippen molar-refractivity contribution in [2.45, 2.75) is 39.2 Å². The van der Waals surface area contributed by atoms with Gasteiger partial charge in [-0.25, -0.2) is 0 Å². The van der Waals surface area contributed by atoms with E-state index in [0.29, 0.717) is 0 Å². The summed E-state index contributed by atoms with van der Waals surface area (Å²) >= 11 is 0. The van der Waals surface area contributed by atoms with E-state index >= 15 is 0 Å². The number of aliphatic hydroxyl groups is 1. The predicted molar refractivity (Wildman–Crippen MR) is 77.7 cm³/mol. The summed E-state index contributed by atoms with van der Waals surface area (Å²) in [6, 6.07) is 5.03. The van der Waals surface area contributed by atoms with Crippen molar-refractivity contribution in [2.75, 3.05) is 6.54 Å². The third kappa shape index (κ3) is 4.35. The highest BCUT2D eigenvalue weighted by Crippen LogP contribution is 2.19. The minimum atomic E-state index is -1.02. The van der Waals surface area contributed by atoms with Crippen LogP contribution >= 0.6 is 0 Å². The zero-order valence-electron chi connectivity index (χ0n) is 12.4. The molecule has 0 aliphatic carbocycles. The van der Waals surface area contributed by atoms with Crippen LogP contribution < -0.4 is 11.1 Å². The van der Waals surface area contributed by atoms with Gasteiger partial charge >= 0.3 is 0 Å². The first kappa shape index (κ1) is 16.2. The van der Waals surface area contributed by atoms with Crippen LogP contribution in [0, 0.1) is 0 Å². The van der Waals surface area contributed by atoms with Crippen LogP contribution in [0.4, 0.5) is 0 Å². The number of hydrogen-bond acceptors (Lipinski definition) is 3. The first-order valence-electron chi connectivity index (χ1n) is 6.56. The van der Waals surface area contributed by atoms with Gasteiger partial charge in [-0.15, -0.1) is 0 Å². The Morgan fingerprint density at radius 2 is 1.90 bits per heavy atom. The van der Waals surface area contributed by atoms with Gasteiger partial charge in [0.25, 0.3) is 5.91 Å². The largest absolute Gasteiger partial charge is 0.389 e. The number of carbonyl (C=O) groups excluding carboxylic acids is 2. The van der Waals surface area contributed by atoms with E-state index in [1.54, 1.807) is 32.0 Å². The van der Waals surface area contributed by atoms with E-state index in [9.17, 15) is 14.7 Å². The molecule has 0 unspecified atom stereocenters. The number of primary amides is 1. The third-order valence-corrected chi connectivity index (χ3v) is 2.90. The Bertz CT molecular complexity index is 516. The zero-order chi connectivity index (χ0) is 15.5. The van der Waals surface area contributed by atoms with Crippen LogP contribution in [0.2, 0.25) is 0 Å². The molecule has 0 saturated carbocycles. The highest BCUT2D eigenvalue weighted by atomic mass is 16.3. The highest BCUT2D eigenvalue weighted by Gasteiger charge is 2.19. The van der Waals surface area contributed by atoms with E-state index in [1.165, 1.54) is 0 Å². The van der Waals surface area contributed by atoms with Crippen molar-refractivity contribution in [2.24, 2.45) is 5.73 Å². The number of rotatable bonds is 5. The Hall–Kier alpha value is -1.88. The molecule has 2 amide bonds. The Labute approximate surface area is 119 Å². The SMILES string of the molecule is CC(C)c1ccc(C(N)=O)c(C(=O)NCC(C)(C)O)c1. The van der Waals surface area contributed by atoms with E-state index in [0.717, 1.165) is 5.56 Å². The first-order valence-corrected chi connectivity index (χ1v) is 6.56. The minimum Gasteiger partial charge on any atom is -0.389 e. The van der Waals surface area contributed by atoms with Gasteiger partial charge in [-0.3, -0.25) is 9.59 Å². The molecule has 110 valence electrons. The van der Waals surface area contributed by atoms with Gasteiger partial charge in [0.15, 0.2) is 0 Å². The predicted octanol–water partition coefficient (Wildman–Crippen LogP) is 1.41. The molecule has 4 N–H and O–H groups in total. The summed E-state index contributed by atoms with van der Waals surface area (Å²) in [7, 11) is 0. The summed E-state index contributed by atoms with van der Waals surface area (Å²) in [5, 5.41) is 12.2. The second-order valence-electron chi connectivity index (χ2n) is 5.82. The lowest BCUT2D eigenvalue weighted by Gasteiger charge is -2.18. The molecule has 0 spiro atoms. The molecular weight excluding hydrogens is 256 g/mol. The Balaban J connectivity index is 3.09. The molecule has 5 heteroatoms. The normalized spacial score (nSPS) is 11.5. The van der Waals surface area contributed by atoms with Crippen LogP contribution in [0.3, 0.4) is 0 Å². The average Bonchev–Trinajstić information content (AvgIpc) is 2.34. The van der Waals surface area contributed by atoms with Crippen LogP contribution in [0.15, 0.2) is 18.2 Å². The van der Waals surface area contributed by atoms with Gasteiger partial charge in [0.1, 0.15) is 0 Å². The Morgan fingerprint density at radius 3 is 2.35 bits per heavy atom. The summed E-state index contributed by atoms with van der Waals surface area (Å²) in [5.74, 6) is -0.824. The quantitative estimate of drug-likeness (QED) is 0.760. The monoisotopic (exact) mass is 278 g/mol. The molecular formula is C15H22N2O3. The summed E-state index contributed by atoms with van der Waals surface area (Å²) in [4.78, 5) is 23.6. The lowest BCUT2D eigenvalue weighted by atomic mass is 9.96. The molecule has 0 aliphatic heterocycles. The fourth-order valence-corrected chi connectivity index (χ4v) is 1.72. The number of hydrogen-bond donors (Lipinski definition) is 3. The van der Waals surface area contributed by atoms with E-state index in [2.05, 4.69) is 5.32 Å². The van der Waals surface area contributed by atoms with Gasteiger partial charge in [0.05, 0.1) is 16.7 Å². The highest BCUT2D eigenvalue weighted by molar-refractivity contribution is 6.06. The summed E-state index contributed by atoms with van der Waals surface area (Å²) in [5.41, 5.74) is 5.65. The van der Waals surface area contributed by atoms with Crippen LogP contribution in [-0.2, 0) is 0 Å². The molecule has 20 heavy (non-hydrogen) atoms. The molecule has 1 rings (SSSR count). The average molecular weight is 278 g/mol. The number of amides is 2. The van der Waals surface area contributed by atoms with Gasteiger partial charge < -0.3 is 16.2 Å². The molecule has 1 aromatic carbocycles. The Morgan fingerprint density at radius 1 is 1.30 bits per heavy atom. The van der Waals surface area contributed by atoms with Crippen LogP contribution in [-0.4, -0.2) is 29.1 Å². The maximum absolute atomic E-state index is 12.2. The van der Waals surface area contributed by atoms with Crippen molar-refractivity contribution in [1.82, 2.24) is 5.32 Å². The lowest BCUT2D eigenvalue weighted by molar-refractivity contribution is 0.0693. The van der Waals surface area contributed by atoms with Crippen molar-refractivity contribution in [3.05, 3.63) is 34.9 Å². The molecule has 0 heterocycles. The van der Waals surface area contributed by atoms with E-state index in [1.807, 2.05) is 13.8 Å². The van der Waals surface area contributed by atoms with Crippen molar-refractivity contribution < 1.29 is 14.7 Å². The van der Waals surface area contributed by atoms with Crippen molar-refractivity contribution in [3.8, 4) is 0 Å². The molecule has 0 aliphatic rings. The van der Waals surface area contributed by atoms with Crippen molar-refractivity contribution in [3.63, 3.8) is 0 Å². The number of carbonyl (C=O) groups is 2. The van der Waals surface area contributed by atoms with Crippen molar-refractivity contribution >= 4 is 11.8 Å². The van der Waals surface area contributed by atoms with Crippen LogP contribution in [0.25, 0.3) is 0 Å². The maximum Gasteiger partial charge on any atom is 0.252 e. The maximum atomic E-state index is 12.2. The molecule has 0 bridgehead atoms. The molecule has 1 aromatic rings. The smallest absolute Gasteiger partial charge is 0.252 e. The second-order valence-corrected chi connectivity index (χ2v) is 5.82. The number of benzene rings is 1. The van der Waals surface area contributed by atoms with Crippen molar-refractivity contribution in [1.29, 1.82) is 0 Å². The molecule has 0 fully saturated rings. The standard InChI is InChI=1S/C15H22N2O3/c1-9(2)10-5-6-11(13(16)18)12(7-10)14(19)17-8-15(3,4)20/h5-7,9,20H,8H2,1-4H3,(H2,16,18)(H,17,19). The lowest BCUT2D eigenvalue weighted by Crippen LogP contribution is -2.38. The zero-order valence-corrected chi connectivity index (χ0v) is 12.4. The van der Waals surface area contributed by atoms with Crippen LogP contribution in [0.1, 0.15) is 59.9 Å². The van der Waals surface area contributed by atoms with Gasteiger partial charge in [-0.2, -0.15) is 0 Å². The van der Waals surface area contributed by atoms with E-state index < -0.39 is 17.4 Å². The second kappa shape index (κ2) is 6.05. The van der Waals surface area contributed by atoms with Gasteiger partial charge in [-0.1, -0.05) is 19.9 Å². The number of nitrogens with two attached hydrogens (primary N) is 1. The van der Waals surface area contributed by atoms with Gasteiger partial charge in [0.2, 0.25) is 5.91 Å². The fraction of sp³-hybridized carbons (Fsp3) is 0.467.